The van der Waals surface area contributed by atoms with E-state index in [0.717, 1.165) is 5.54 Å². The summed E-state index contributed by atoms with van der Waals surface area (Å²) in [5.41, 5.74) is 1.09. The first kappa shape index (κ1) is 20.4. The molecule has 0 radical (unpaired) electrons. The van der Waals surface area contributed by atoms with Crippen LogP contribution in [-0.2, 0) is 10.1 Å². The molecule has 1 saturated heterocycles. The van der Waals surface area contributed by atoms with Crippen LogP contribution >= 0.6 is 0 Å². The van der Waals surface area contributed by atoms with Gasteiger partial charge in [-0.05, 0) is 12.0 Å². The molecule has 6 heteroatoms. The molecule has 1 fully saturated rings. The largest absolute Gasteiger partial charge is 1.00 e. The summed E-state index contributed by atoms with van der Waals surface area (Å²) < 4.78 is 27.6. The van der Waals surface area contributed by atoms with Crippen LogP contribution in [0.2, 0.25) is 24.7 Å². The van der Waals surface area contributed by atoms with E-state index in [1.165, 1.54) is 19.3 Å². The zero-order valence-corrected chi connectivity index (χ0v) is 15.8. The van der Waals surface area contributed by atoms with Crippen molar-refractivity contribution >= 4 is 18.2 Å². The molecule has 3 nitrogen and oxygen atoms in total. The van der Waals surface area contributed by atoms with Crippen molar-refractivity contribution in [1.82, 2.24) is 0 Å². The summed E-state index contributed by atoms with van der Waals surface area (Å²) in [6, 6.07) is 1.58. The maximum atomic E-state index is 9.79. The SMILES string of the molecule is CC1CCCC[Si]1(C)C.CCCS(=O)(=O)O.[H-].[Na+]. The van der Waals surface area contributed by atoms with Crippen LogP contribution in [0.25, 0.3) is 0 Å². The van der Waals surface area contributed by atoms with Crippen molar-refractivity contribution in [1.29, 1.82) is 0 Å². The predicted molar refractivity (Wildman–Crippen MR) is 73.4 cm³/mol. The number of hydrogen-bond acceptors (Lipinski definition) is 2. The van der Waals surface area contributed by atoms with Crippen molar-refractivity contribution in [2.24, 2.45) is 0 Å². The van der Waals surface area contributed by atoms with Gasteiger partial charge in [-0.3, -0.25) is 4.55 Å². The molecule has 1 aliphatic heterocycles. The van der Waals surface area contributed by atoms with Crippen LogP contribution in [-0.4, -0.2) is 26.8 Å². The van der Waals surface area contributed by atoms with Crippen molar-refractivity contribution in [2.75, 3.05) is 5.75 Å². The van der Waals surface area contributed by atoms with E-state index < -0.39 is 18.2 Å². The summed E-state index contributed by atoms with van der Waals surface area (Å²) in [6.07, 6.45) is 5.00. The molecule has 1 aliphatic rings. The first-order valence-corrected chi connectivity index (χ1v) is 11.0. The van der Waals surface area contributed by atoms with Gasteiger partial charge >= 0.3 is 29.6 Å². The third-order valence-electron chi connectivity index (χ3n) is 3.50. The summed E-state index contributed by atoms with van der Waals surface area (Å²) in [6.45, 7) is 9.22. The molecule has 1 atom stereocenters. The zero-order valence-electron chi connectivity index (χ0n) is 13.0. The molecule has 1 N–H and O–H groups in total. The Balaban J connectivity index is -0.000000232. The molecule has 1 unspecified atom stereocenters. The Hall–Kier alpha value is 1.13. The Bertz CT molecular complexity index is 297. The van der Waals surface area contributed by atoms with Gasteiger partial charge in [0.05, 0.1) is 13.8 Å². The van der Waals surface area contributed by atoms with Gasteiger partial charge in [0.25, 0.3) is 10.1 Å². The van der Waals surface area contributed by atoms with E-state index >= 15 is 0 Å². The van der Waals surface area contributed by atoms with Gasteiger partial charge in [0, 0.05) is 0 Å². The zero-order chi connectivity index (χ0) is 12.8. The Morgan fingerprint density at radius 2 is 1.88 bits per heavy atom. The molecular formula is C11H27NaO3SSi. The fraction of sp³-hybridized carbons (Fsp3) is 1.00. The van der Waals surface area contributed by atoms with E-state index in [1.54, 1.807) is 13.0 Å². The summed E-state index contributed by atoms with van der Waals surface area (Å²) >= 11 is 0. The monoisotopic (exact) mass is 290 g/mol. The molecule has 0 bridgehead atoms. The van der Waals surface area contributed by atoms with Gasteiger partial charge in [0.2, 0.25) is 0 Å². The van der Waals surface area contributed by atoms with Crippen molar-refractivity contribution in [3.8, 4) is 0 Å². The molecular weight excluding hydrogens is 263 g/mol. The molecule has 0 spiro atoms. The van der Waals surface area contributed by atoms with Crippen LogP contribution in [0, 0.1) is 0 Å². The summed E-state index contributed by atoms with van der Waals surface area (Å²) in [5, 5.41) is 0. The molecule has 0 aromatic rings. The fourth-order valence-corrected chi connectivity index (χ4v) is 5.08. The average molecular weight is 290 g/mol. The van der Waals surface area contributed by atoms with E-state index in [0.29, 0.717) is 6.42 Å². The molecule has 0 amide bonds. The van der Waals surface area contributed by atoms with E-state index in [1.807, 2.05) is 0 Å². The van der Waals surface area contributed by atoms with Crippen molar-refractivity contribution < 1.29 is 44.0 Å². The van der Waals surface area contributed by atoms with Crippen molar-refractivity contribution in [3.05, 3.63) is 0 Å². The molecule has 0 aromatic carbocycles. The van der Waals surface area contributed by atoms with Crippen LogP contribution < -0.4 is 29.6 Å². The van der Waals surface area contributed by atoms with Crippen LogP contribution in [0.3, 0.4) is 0 Å². The van der Waals surface area contributed by atoms with Crippen molar-refractivity contribution in [3.63, 3.8) is 0 Å². The van der Waals surface area contributed by atoms with E-state index in [-0.39, 0.29) is 36.7 Å². The van der Waals surface area contributed by atoms with Crippen LogP contribution in [0.15, 0.2) is 0 Å². The minimum Gasteiger partial charge on any atom is -1.00 e. The Morgan fingerprint density at radius 1 is 1.35 bits per heavy atom. The molecule has 100 valence electrons. The average Bonchev–Trinajstić information content (AvgIpc) is 2.09. The first-order chi connectivity index (χ1) is 7.19. The van der Waals surface area contributed by atoms with Gasteiger partial charge in [-0.1, -0.05) is 52.2 Å². The Morgan fingerprint density at radius 3 is 2.06 bits per heavy atom. The van der Waals surface area contributed by atoms with Crippen molar-refractivity contribution in [2.45, 2.75) is 64.2 Å². The quantitative estimate of drug-likeness (QED) is 0.601. The second-order valence-electron chi connectivity index (χ2n) is 5.42. The predicted octanol–water partition coefficient (Wildman–Crippen LogP) is 0.670. The minimum absolute atomic E-state index is 0. The van der Waals surface area contributed by atoms with E-state index in [9.17, 15) is 8.42 Å². The molecule has 0 saturated carbocycles. The third-order valence-corrected chi connectivity index (χ3v) is 9.03. The van der Waals surface area contributed by atoms with Gasteiger partial charge in [0.15, 0.2) is 0 Å². The molecule has 0 aliphatic carbocycles. The molecule has 0 aromatic heterocycles. The smallest absolute Gasteiger partial charge is 1.00 e. The van der Waals surface area contributed by atoms with Gasteiger partial charge in [-0.2, -0.15) is 8.42 Å². The second-order valence-corrected chi connectivity index (χ2v) is 12.5. The van der Waals surface area contributed by atoms with Crippen LogP contribution in [0.4, 0.5) is 0 Å². The van der Waals surface area contributed by atoms with Crippen LogP contribution in [0.5, 0.6) is 0 Å². The van der Waals surface area contributed by atoms with Crippen LogP contribution in [0.1, 0.15) is 41.0 Å². The molecule has 1 rings (SSSR count). The van der Waals surface area contributed by atoms with E-state index in [2.05, 4.69) is 20.0 Å². The standard InChI is InChI=1S/C8H18Si.C3H8O3S.Na.H/c1-8-6-4-5-7-9(8,2)3;1-2-3-7(4,5)6;;/h8H,4-7H2,1-3H3;2-3H2,1H3,(H,4,5,6);;/q;;+1;-1. The Kier molecular flexibility index (Phi) is 10.9. The minimum atomic E-state index is -3.67. The molecule has 1 heterocycles. The van der Waals surface area contributed by atoms with Gasteiger partial charge in [0.1, 0.15) is 0 Å². The summed E-state index contributed by atoms with van der Waals surface area (Å²) in [7, 11) is -4.37. The summed E-state index contributed by atoms with van der Waals surface area (Å²) in [5.74, 6) is -0.132. The first-order valence-electron chi connectivity index (χ1n) is 6.14. The van der Waals surface area contributed by atoms with Gasteiger partial charge in [-0.15, -0.1) is 0 Å². The second kappa shape index (κ2) is 9.10. The molecule has 17 heavy (non-hydrogen) atoms. The van der Waals surface area contributed by atoms with E-state index in [4.69, 9.17) is 4.55 Å². The topological polar surface area (TPSA) is 54.4 Å². The maximum absolute atomic E-state index is 9.79. The Labute approximate surface area is 131 Å². The van der Waals surface area contributed by atoms with Gasteiger partial charge in [-0.25, -0.2) is 0 Å². The third kappa shape index (κ3) is 10.7. The normalized spacial score (nSPS) is 23.0. The maximum Gasteiger partial charge on any atom is 1.00 e. The summed E-state index contributed by atoms with van der Waals surface area (Å²) in [4.78, 5) is 0. The van der Waals surface area contributed by atoms with Gasteiger partial charge < -0.3 is 1.43 Å². The number of hydrogen-bond donors (Lipinski definition) is 1. The fourth-order valence-electron chi connectivity index (χ4n) is 1.93. The number of rotatable bonds is 2.